The van der Waals surface area contributed by atoms with Crippen molar-refractivity contribution < 1.29 is 37.5 Å². The van der Waals surface area contributed by atoms with Crippen LogP contribution in [-0.2, 0) is 25.6 Å². The fourth-order valence-electron chi connectivity index (χ4n) is 5.31. The van der Waals surface area contributed by atoms with Crippen molar-refractivity contribution in [2.75, 3.05) is 13.1 Å². The molecule has 0 bridgehead atoms. The highest BCUT2D eigenvalue weighted by atomic mass is 19.1. The van der Waals surface area contributed by atoms with E-state index in [0.717, 1.165) is 18.2 Å². The molecule has 2 aromatic rings. The number of halogens is 2. The van der Waals surface area contributed by atoms with Crippen LogP contribution in [0.5, 0.6) is 0 Å². The number of hydrogen-bond acceptors (Lipinski definition) is 7. The van der Waals surface area contributed by atoms with Gasteiger partial charge in [-0.25, -0.2) is 8.78 Å². The Morgan fingerprint density at radius 2 is 1.41 bits per heavy atom. The van der Waals surface area contributed by atoms with E-state index in [0.29, 0.717) is 24.1 Å². The van der Waals surface area contributed by atoms with Crippen molar-refractivity contribution in [2.24, 2.45) is 11.8 Å². The summed E-state index contributed by atoms with van der Waals surface area (Å²) in [6.07, 6.45) is 3.60. The molecular formula is C36H53F2N7O6. The first-order chi connectivity index (χ1) is 24.1. The van der Waals surface area contributed by atoms with Crippen LogP contribution in [0.3, 0.4) is 0 Å². The van der Waals surface area contributed by atoms with E-state index < -0.39 is 65.5 Å². The zero-order valence-corrected chi connectivity index (χ0v) is 30.5. The first-order valence-corrected chi connectivity index (χ1v) is 17.5. The number of carbonyl (C=O) groups excluding carboxylic acids is 5. The molecule has 1 aromatic carbocycles. The number of nitrogens with zero attached hydrogens (tertiary/aromatic N) is 1. The van der Waals surface area contributed by atoms with Crippen LogP contribution in [0.4, 0.5) is 8.78 Å². The molecule has 5 amide bonds. The highest BCUT2D eigenvalue weighted by Crippen LogP contribution is 2.13. The molecule has 13 nitrogen and oxygen atoms in total. The van der Waals surface area contributed by atoms with E-state index in [2.05, 4.69) is 31.9 Å². The molecule has 1 aromatic heterocycles. The molecule has 51 heavy (non-hydrogen) atoms. The Balaban J connectivity index is 2.25. The smallest absolute Gasteiger partial charge is 0.252 e. The molecule has 2 rings (SSSR count). The molecule has 1 heterocycles. The van der Waals surface area contributed by atoms with Crippen molar-refractivity contribution in [3.05, 3.63) is 70.7 Å². The third-order valence-electron chi connectivity index (χ3n) is 8.47. The lowest BCUT2D eigenvalue weighted by atomic mass is 9.97. The molecule has 0 saturated heterocycles. The number of likely N-dealkylation sites (N-methyl/N-ethyl adjacent to an activating group) is 1. The van der Waals surface area contributed by atoms with Crippen LogP contribution in [-0.4, -0.2) is 72.8 Å². The Labute approximate surface area is 298 Å². The van der Waals surface area contributed by atoms with Crippen molar-refractivity contribution in [3.8, 4) is 0 Å². The number of nitrogens with one attached hydrogen (secondary N) is 6. The number of aromatic nitrogens is 1. The van der Waals surface area contributed by atoms with Crippen molar-refractivity contribution in [3.63, 3.8) is 0 Å². The lowest BCUT2D eigenvalue weighted by Gasteiger charge is -2.28. The summed E-state index contributed by atoms with van der Waals surface area (Å²) in [6, 6.07) is 1.27. The largest absolute Gasteiger partial charge is 0.619 e. The van der Waals surface area contributed by atoms with Gasteiger partial charge in [0.05, 0.1) is 11.6 Å². The van der Waals surface area contributed by atoms with Crippen LogP contribution in [0.2, 0.25) is 0 Å². The van der Waals surface area contributed by atoms with Gasteiger partial charge < -0.3 is 37.1 Å². The summed E-state index contributed by atoms with van der Waals surface area (Å²) in [6.45, 7) is 12.8. The quantitative estimate of drug-likeness (QED) is 0.0894. The number of rotatable bonds is 20. The Morgan fingerprint density at radius 3 is 1.96 bits per heavy atom. The molecule has 0 radical (unpaired) electrons. The van der Waals surface area contributed by atoms with Gasteiger partial charge in [0.25, 0.3) is 5.91 Å². The van der Waals surface area contributed by atoms with Crippen molar-refractivity contribution in [1.82, 2.24) is 31.9 Å². The molecule has 0 spiro atoms. The van der Waals surface area contributed by atoms with Gasteiger partial charge in [-0.2, -0.15) is 4.73 Å². The highest BCUT2D eigenvalue weighted by molar-refractivity contribution is 5.98. The second-order valence-corrected chi connectivity index (χ2v) is 13.1. The first kappa shape index (κ1) is 42.5. The van der Waals surface area contributed by atoms with E-state index in [-0.39, 0.29) is 48.3 Å². The van der Waals surface area contributed by atoms with Crippen LogP contribution < -0.4 is 36.6 Å². The summed E-state index contributed by atoms with van der Waals surface area (Å²) < 4.78 is 28.7. The van der Waals surface area contributed by atoms with Crippen LogP contribution in [0, 0.1) is 28.7 Å². The monoisotopic (exact) mass is 717 g/mol. The summed E-state index contributed by atoms with van der Waals surface area (Å²) in [7, 11) is 0. The lowest BCUT2D eigenvalue weighted by Crippen LogP contribution is -2.58. The molecule has 0 unspecified atom stereocenters. The predicted octanol–water partition coefficient (Wildman–Crippen LogP) is 2.01. The van der Waals surface area contributed by atoms with Crippen molar-refractivity contribution >= 4 is 29.5 Å². The Hall–Kier alpha value is -4.66. The van der Waals surface area contributed by atoms with Crippen LogP contribution in [0.25, 0.3) is 0 Å². The summed E-state index contributed by atoms with van der Waals surface area (Å²) in [4.78, 5) is 65.8. The third kappa shape index (κ3) is 13.9. The van der Waals surface area contributed by atoms with Gasteiger partial charge in [0.1, 0.15) is 29.8 Å². The molecule has 6 atom stereocenters. The van der Waals surface area contributed by atoms with Gasteiger partial charge in [-0.3, -0.25) is 24.0 Å². The minimum absolute atomic E-state index is 0.00919. The lowest BCUT2D eigenvalue weighted by molar-refractivity contribution is -0.605. The average molecular weight is 718 g/mol. The average Bonchev–Trinajstić information content (AvgIpc) is 3.07. The zero-order valence-electron chi connectivity index (χ0n) is 30.5. The summed E-state index contributed by atoms with van der Waals surface area (Å²) in [5, 5.41) is 28.2. The Bertz CT molecular complexity index is 1460. The molecule has 15 heteroatoms. The minimum atomic E-state index is -1.03. The molecule has 0 aliphatic carbocycles. The minimum Gasteiger partial charge on any atom is -0.619 e. The normalized spacial score (nSPS) is 14.7. The summed E-state index contributed by atoms with van der Waals surface area (Å²) in [5.41, 5.74) is 0.439. The van der Waals surface area contributed by atoms with E-state index >= 15 is 0 Å². The summed E-state index contributed by atoms with van der Waals surface area (Å²) >= 11 is 0. The number of carbonyl (C=O) groups is 5. The molecule has 0 fully saturated rings. The van der Waals surface area contributed by atoms with Crippen LogP contribution in [0.1, 0.15) is 83.7 Å². The number of amides is 5. The number of hydrogen-bond donors (Lipinski definition) is 6. The van der Waals surface area contributed by atoms with Gasteiger partial charge in [-0.15, -0.1) is 0 Å². The van der Waals surface area contributed by atoms with E-state index in [4.69, 9.17) is 0 Å². The van der Waals surface area contributed by atoms with Gasteiger partial charge in [-0.05, 0) is 56.2 Å². The molecule has 0 saturated carbocycles. The van der Waals surface area contributed by atoms with E-state index in [1.54, 1.807) is 34.6 Å². The van der Waals surface area contributed by atoms with Gasteiger partial charge in [0.2, 0.25) is 23.6 Å². The third-order valence-corrected chi connectivity index (χ3v) is 8.47. The van der Waals surface area contributed by atoms with E-state index in [1.165, 1.54) is 24.5 Å². The molecule has 6 N–H and O–H groups in total. The standard InChI is InChI=1S/C36H53F2N7O6/c1-8-11-29(42-36(50)31(22(6)9-2)44-33(47)25-12-14-45(51)15-13-25)34(48)41-28(18-24-16-26(37)19-27(38)17-24)20-40-23(7)32(46)43-30(21(4)5)35(49)39-10-3/h12-17,19,21-23,28-31,40H,8-11,18,20H2,1-7H3,(H,39,49)(H,41,48)(H,42,50)(H,43,46)(H,44,47)/t22-,23-,28-,29-,30-,31-/m0/s1. The SMILES string of the molecule is CCC[C@H](NC(=O)[C@@H](NC(=O)c1cc[n+]([O-])cc1)[C@@H](C)CC)C(=O)N[C@H](CN[C@@H](C)C(=O)N[C@H](C(=O)NCC)C(C)C)Cc1cc(F)cc(F)c1. The Morgan fingerprint density at radius 1 is 0.784 bits per heavy atom. The second-order valence-electron chi connectivity index (χ2n) is 13.1. The van der Waals surface area contributed by atoms with Gasteiger partial charge in [0, 0.05) is 37.3 Å². The Kier molecular flexibility index (Phi) is 17.4. The number of benzene rings is 1. The zero-order chi connectivity index (χ0) is 38.2. The van der Waals surface area contributed by atoms with Gasteiger partial charge >= 0.3 is 0 Å². The summed E-state index contributed by atoms with van der Waals surface area (Å²) in [5.74, 6) is -4.59. The van der Waals surface area contributed by atoms with Crippen LogP contribution >= 0.6 is 0 Å². The van der Waals surface area contributed by atoms with Crippen LogP contribution in [0.15, 0.2) is 42.7 Å². The van der Waals surface area contributed by atoms with Gasteiger partial charge in [-0.1, -0.05) is 47.5 Å². The molecule has 282 valence electrons. The molecule has 0 aliphatic heterocycles. The molecular weight excluding hydrogens is 664 g/mol. The molecule has 0 aliphatic rings. The number of pyridine rings is 1. The maximum Gasteiger partial charge on any atom is 0.252 e. The van der Waals surface area contributed by atoms with E-state index in [1.807, 2.05) is 13.8 Å². The maximum atomic E-state index is 14.1. The van der Waals surface area contributed by atoms with Crippen molar-refractivity contribution in [1.29, 1.82) is 0 Å². The first-order valence-electron chi connectivity index (χ1n) is 17.5. The topological polar surface area (TPSA) is 184 Å². The highest BCUT2D eigenvalue weighted by Gasteiger charge is 2.31. The fraction of sp³-hybridized carbons (Fsp3) is 0.556. The fourth-order valence-corrected chi connectivity index (χ4v) is 5.31. The van der Waals surface area contributed by atoms with Crippen molar-refractivity contribution in [2.45, 2.75) is 104 Å². The second kappa shape index (κ2) is 20.9. The van der Waals surface area contributed by atoms with Gasteiger partial charge in [0.15, 0.2) is 12.4 Å². The predicted molar refractivity (Wildman–Crippen MR) is 188 cm³/mol. The maximum absolute atomic E-state index is 14.1. The van der Waals surface area contributed by atoms with E-state index in [9.17, 15) is 38.0 Å².